The number of hydrogen-bond donors (Lipinski definition) is 2. The summed E-state index contributed by atoms with van der Waals surface area (Å²) in [6.45, 7) is 7.62. The molecule has 5 fully saturated rings. The number of aromatic nitrogens is 5. The fourth-order valence-electron chi connectivity index (χ4n) is 10.0. The fourth-order valence-corrected chi connectivity index (χ4v) is 10.0. The Hall–Kier alpha value is -4.96. The molecular formula is C43H54F2N10O4. The zero-order chi connectivity index (χ0) is 40.5. The highest BCUT2D eigenvalue weighted by Gasteiger charge is 2.40. The standard InChI is InChI=1S/C43H54F2N10O4/c44-38(45)37-35(48-41(57)34-26-47-54-19-11-36(49-39(34)54)52-22-24-59-25-23-52)28-55(50-37)32-9-17-51(18-10-32)27-29-7-12-43(13-8-29)14-20-53(21-15-43)42(58)31-5-3-30(4-6-31)33-2-1-16-46-40(33)56/h3-6,11,19,26,28-29,32-33,38H,1-2,7-10,12-18,20-25,27H2,(H,46,56)(H,48,57). The maximum atomic E-state index is 14.3. The highest BCUT2D eigenvalue weighted by atomic mass is 19.3. The van der Waals surface area contributed by atoms with E-state index >= 15 is 0 Å². The Morgan fingerprint density at radius 3 is 2.39 bits per heavy atom. The number of anilines is 2. The first-order valence-corrected chi connectivity index (χ1v) is 21.5. The first kappa shape index (κ1) is 39.5. The molecule has 2 N–H and O–H groups in total. The van der Waals surface area contributed by atoms with Crippen molar-refractivity contribution in [3.63, 3.8) is 0 Å². The van der Waals surface area contributed by atoms with Crippen LogP contribution in [-0.2, 0) is 9.53 Å². The number of rotatable bonds is 9. The van der Waals surface area contributed by atoms with Crippen LogP contribution in [0.15, 0.2) is 48.9 Å². The lowest BCUT2D eigenvalue weighted by atomic mass is 9.65. The van der Waals surface area contributed by atoms with Crippen molar-refractivity contribution in [2.45, 2.75) is 82.6 Å². The van der Waals surface area contributed by atoms with Gasteiger partial charge in [-0.2, -0.15) is 10.2 Å². The fraction of sp³-hybridized carbons (Fsp3) is 0.581. The van der Waals surface area contributed by atoms with Crippen molar-refractivity contribution in [2.24, 2.45) is 11.3 Å². The van der Waals surface area contributed by atoms with E-state index in [0.29, 0.717) is 54.7 Å². The average Bonchev–Trinajstić information content (AvgIpc) is 3.90. The quantitative estimate of drug-likeness (QED) is 0.218. The molecule has 4 saturated heterocycles. The third-order valence-corrected chi connectivity index (χ3v) is 13.7. The van der Waals surface area contributed by atoms with Gasteiger partial charge in [0.2, 0.25) is 5.91 Å². The number of morpholine rings is 1. The largest absolute Gasteiger partial charge is 0.378 e. The molecule has 4 aliphatic heterocycles. The summed E-state index contributed by atoms with van der Waals surface area (Å²) in [6, 6.07) is 9.46. The molecule has 314 valence electrons. The van der Waals surface area contributed by atoms with Crippen LogP contribution in [0.5, 0.6) is 0 Å². The number of amides is 3. The summed E-state index contributed by atoms with van der Waals surface area (Å²) in [7, 11) is 0. The predicted molar refractivity (Wildman–Crippen MR) is 217 cm³/mol. The molecule has 1 saturated carbocycles. The molecule has 9 rings (SSSR count). The molecule has 7 heterocycles. The van der Waals surface area contributed by atoms with Crippen molar-refractivity contribution in [3.05, 3.63) is 71.3 Å². The van der Waals surface area contributed by atoms with Crippen molar-refractivity contribution in [2.75, 3.05) is 75.8 Å². The summed E-state index contributed by atoms with van der Waals surface area (Å²) in [5, 5.41) is 14.2. The molecule has 1 atom stereocenters. The molecule has 3 aromatic heterocycles. The number of benzene rings is 1. The van der Waals surface area contributed by atoms with Gasteiger partial charge in [-0.1, -0.05) is 12.1 Å². The highest BCUT2D eigenvalue weighted by Crippen LogP contribution is 2.47. The van der Waals surface area contributed by atoms with Crippen molar-refractivity contribution >= 4 is 34.9 Å². The number of fused-ring (bicyclic) bond motifs is 1. The van der Waals surface area contributed by atoms with Crippen LogP contribution < -0.4 is 15.5 Å². The Balaban J connectivity index is 0.741. The zero-order valence-corrected chi connectivity index (χ0v) is 33.5. The number of nitrogens with one attached hydrogen (secondary N) is 2. The summed E-state index contributed by atoms with van der Waals surface area (Å²) in [6.07, 6.45) is 12.1. The molecule has 3 amide bonds. The van der Waals surface area contributed by atoms with Gasteiger partial charge in [0.15, 0.2) is 11.3 Å². The molecule has 4 aromatic rings. The van der Waals surface area contributed by atoms with Gasteiger partial charge in [-0.05, 0) is 99.3 Å². The lowest BCUT2D eigenvalue weighted by molar-refractivity contribution is -0.123. The van der Waals surface area contributed by atoms with Crippen LogP contribution in [0.3, 0.4) is 0 Å². The van der Waals surface area contributed by atoms with E-state index in [2.05, 4.69) is 35.6 Å². The molecule has 1 unspecified atom stereocenters. The average molecular weight is 813 g/mol. The monoisotopic (exact) mass is 812 g/mol. The third kappa shape index (κ3) is 8.43. The van der Waals surface area contributed by atoms with E-state index in [1.165, 1.54) is 36.4 Å². The Bertz CT molecular complexity index is 2120. The Labute approximate surface area is 342 Å². The number of nitrogens with zero attached hydrogens (tertiary/aromatic N) is 8. The minimum absolute atomic E-state index is 0.00247. The summed E-state index contributed by atoms with van der Waals surface area (Å²) >= 11 is 0. The smallest absolute Gasteiger partial charge is 0.284 e. The lowest BCUT2D eigenvalue weighted by Gasteiger charge is -2.47. The first-order valence-electron chi connectivity index (χ1n) is 21.5. The maximum absolute atomic E-state index is 14.3. The zero-order valence-electron chi connectivity index (χ0n) is 33.5. The first-order chi connectivity index (χ1) is 28.7. The number of piperidine rings is 3. The molecule has 0 bridgehead atoms. The van der Waals surface area contributed by atoms with E-state index in [0.717, 1.165) is 83.4 Å². The minimum atomic E-state index is -2.85. The predicted octanol–water partition coefficient (Wildman–Crippen LogP) is 5.70. The van der Waals surface area contributed by atoms with Crippen LogP contribution in [0.2, 0.25) is 0 Å². The van der Waals surface area contributed by atoms with E-state index in [4.69, 9.17) is 4.74 Å². The highest BCUT2D eigenvalue weighted by molar-refractivity contribution is 6.08. The summed E-state index contributed by atoms with van der Waals surface area (Å²) in [5.74, 6) is 0.789. The second kappa shape index (κ2) is 17.0. The van der Waals surface area contributed by atoms with Crippen LogP contribution in [0, 0.1) is 11.3 Å². The van der Waals surface area contributed by atoms with Crippen LogP contribution in [0.1, 0.15) is 115 Å². The number of likely N-dealkylation sites (tertiary alicyclic amines) is 2. The maximum Gasteiger partial charge on any atom is 0.284 e. The molecule has 0 radical (unpaired) electrons. The minimum Gasteiger partial charge on any atom is -0.378 e. The molecule has 5 aliphatic rings. The molecular weight excluding hydrogens is 759 g/mol. The SMILES string of the molecule is O=C(Nc1cn(C2CCN(CC3CCC4(CC3)CCN(C(=O)c3ccc(C5CCCNC5=O)cc3)CC4)CC2)nc1C(F)F)c1cnn2ccc(N3CCOCC3)nc12. The number of ether oxygens (including phenoxy) is 1. The summed E-state index contributed by atoms with van der Waals surface area (Å²) in [5.41, 5.74) is 2.09. The lowest BCUT2D eigenvalue weighted by Crippen LogP contribution is -2.45. The van der Waals surface area contributed by atoms with Gasteiger partial charge in [0.25, 0.3) is 18.2 Å². The molecule has 59 heavy (non-hydrogen) atoms. The molecule has 14 nitrogen and oxygen atoms in total. The van der Waals surface area contributed by atoms with Crippen molar-refractivity contribution in [1.29, 1.82) is 0 Å². The van der Waals surface area contributed by atoms with E-state index in [-0.39, 0.29) is 35.0 Å². The van der Waals surface area contributed by atoms with Crippen LogP contribution in [-0.4, -0.2) is 117 Å². The second-order valence-electron chi connectivity index (χ2n) is 17.2. The third-order valence-electron chi connectivity index (χ3n) is 13.7. The summed E-state index contributed by atoms with van der Waals surface area (Å²) in [4.78, 5) is 50.5. The van der Waals surface area contributed by atoms with Crippen molar-refractivity contribution < 1.29 is 27.9 Å². The van der Waals surface area contributed by atoms with Gasteiger partial charge in [-0.3, -0.25) is 19.1 Å². The van der Waals surface area contributed by atoms with Crippen LogP contribution >= 0.6 is 0 Å². The normalized spacial score (nSPS) is 22.3. The van der Waals surface area contributed by atoms with Gasteiger partial charge >= 0.3 is 0 Å². The molecule has 16 heteroatoms. The van der Waals surface area contributed by atoms with E-state index in [1.54, 1.807) is 17.1 Å². The Kier molecular flexibility index (Phi) is 11.4. The second-order valence-corrected chi connectivity index (χ2v) is 17.2. The molecule has 1 aromatic carbocycles. The van der Waals surface area contributed by atoms with Crippen molar-refractivity contribution in [3.8, 4) is 0 Å². The van der Waals surface area contributed by atoms with E-state index in [1.807, 2.05) is 35.2 Å². The number of halogens is 2. The molecule has 1 spiro atoms. The van der Waals surface area contributed by atoms with Gasteiger partial charge in [-0.15, -0.1) is 0 Å². The van der Waals surface area contributed by atoms with Crippen LogP contribution in [0.4, 0.5) is 20.3 Å². The van der Waals surface area contributed by atoms with E-state index in [9.17, 15) is 23.2 Å². The van der Waals surface area contributed by atoms with Gasteiger partial charge in [-0.25, -0.2) is 18.3 Å². The molecule has 1 aliphatic carbocycles. The van der Waals surface area contributed by atoms with Gasteiger partial charge < -0.3 is 30.1 Å². The number of carbonyl (C=O) groups is 3. The summed E-state index contributed by atoms with van der Waals surface area (Å²) < 4.78 is 37.1. The Morgan fingerprint density at radius 1 is 0.932 bits per heavy atom. The van der Waals surface area contributed by atoms with Gasteiger partial charge in [0, 0.05) is 70.3 Å². The van der Waals surface area contributed by atoms with Crippen molar-refractivity contribution in [1.82, 2.24) is 39.5 Å². The number of hydrogen-bond acceptors (Lipinski definition) is 9. The van der Waals surface area contributed by atoms with Gasteiger partial charge in [0.05, 0.1) is 37.1 Å². The van der Waals surface area contributed by atoms with E-state index < -0.39 is 18.0 Å². The Morgan fingerprint density at radius 2 is 1.68 bits per heavy atom. The number of alkyl halides is 2. The number of carbonyl (C=O) groups excluding carboxylic acids is 3. The topological polar surface area (TPSA) is 142 Å². The van der Waals surface area contributed by atoms with Crippen LogP contribution in [0.25, 0.3) is 5.65 Å². The van der Waals surface area contributed by atoms with Gasteiger partial charge in [0.1, 0.15) is 11.4 Å².